The van der Waals surface area contributed by atoms with Crippen LogP contribution in [0.3, 0.4) is 0 Å². The minimum Gasteiger partial charge on any atom is -0.377 e. The quantitative estimate of drug-likeness (QED) is 0.423. The highest BCUT2D eigenvalue weighted by molar-refractivity contribution is 6.20. The van der Waals surface area contributed by atoms with E-state index in [-0.39, 0.29) is 6.10 Å². The van der Waals surface area contributed by atoms with Crippen LogP contribution in [0.5, 0.6) is 0 Å². The van der Waals surface area contributed by atoms with Gasteiger partial charge in [0.2, 0.25) is 0 Å². The van der Waals surface area contributed by atoms with Crippen LogP contribution in [0.25, 0.3) is 0 Å². The van der Waals surface area contributed by atoms with Crippen LogP contribution in [-0.4, -0.2) is 18.6 Å². The maximum absolute atomic E-state index is 5.92. The largest absolute Gasteiger partial charge is 0.377 e. The van der Waals surface area contributed by atoms with Crippen LogP contribution in [0.2, 0.25) is 0 Å². The van der Waals surface area contributed by atoms with Gasteiger partial charge in [-0.3, -0.25) is 0 Å². The molecule has 0 bridgehead atoms. The van der Waals surface area contributed by atoms with Crippen LogP contribution in [0.1, 0.15) is 19.3 Å². The average molecular weight is 161 g/mol. The summed E-state index contributed by atoms with van der Waals surface area (Å²) in [6, 6.07) is 0. The van der Waals surface area contributed by atoms with Crippen molar-refractivity contribution in [1.82, 2.24) is 0 Å². The average Bonchev–Trinajstić information content (AvgIpc) is 1.88. The molecule has 1 nitrogen and oxygen atoms in total. The molecule has 0 spiro atoms. The SMILES string of the molecule is C=C1CC(Cl)CCC1OC. The zero-order valence-electron chi connectivity index (χ0n) is 6.27. The highest BCUT2D eigenvalue weighted by Gasteiger charge is 2.21. The van der Waals surface area contributed by atoms with E-state index in [4.69, 9.17) is 16.3 Å². The molecule has 10 heavy (non-hydrogen) atoms. The van der Waals surface area contributed by atoms with Gasteiger partial charge in [-0.05, 0) is 24.8 Å². The van der Waals surface area contributed by atoms with Crippen molar-refractivity contribution >= 4 is 11.6 Å². The summed E-state index contributed by atoms with van der Waals surface area (Å²) in [6.45, 7) is 3.91. The molecule has 58 valence electrons. The standard InChI is InChI=1S/C8H13ClO/c1-6-5-7(9)3-4-8(6)10-2/h7-8H,1,3-5H2,2H3. The van der Waals surface area contributed by atoms with E-state index in [1.165, 1.54) is 0 Å². The number of ether oxygens (including phenoxy) is 1. The Bertz CT molecular complexity index is 133. The summed E-state index contributed by atoms with van der Waals surface area (Å²) in [5.41, 5.74) is 1.15. The summed E-state index contributed by atoms with van der Waals surface area (Å²) in [7, 11) is 1.73. The summed E-state index contributed by atoms with van der Waals surface area (Å²) in [6.07, 6.45) is 3.26. The summed E-state index contributed by atoms with van der Waals surface area (Å²) < 4.78 is 5.19. The molecule has 0 radical (unpaired) electrons. The number of alkyl halides is 1. The first-order chi connectivity index (χ1) is 4.74. The molecule has 0 aromatic heterocycles. The maximum Gasteiger partial charge on any atom is 0.0779 e. The highest BCUT2D eigenvalue weighted by atomic mass is 35.5. The Morgan fingerprint density at radius 3 is 2.80 bits per heavy atom. The number of methoxy groups -OCH3 is 1. The van der Waals surface area contributed by atoms with Crippen molar-refractivity contribution in [2.24, 2.45) is 0 Å². The van der Waals surface area contributed by atoms with Crippen molar-refractivity contribution in [3.05, 3.63) is 12.2 Å². The Labute approximate surface area is 67.0 Å². The number of hydrogen-bond acceptors (Lipinski definition) is 1. The lowest BCUT2D eigenvalue weighted by Crippen LogP contribution is -2.22. The van der Waals surface area contributed by atoms with Gasteiger partial charge in [0.1, 0.15) is 0 Å². The number of halogens is 1. The fraction of sp³-hybridized carbons (Fsp3) is 0.750. The van der Waals surface area contributed by atoms with E-state index in [0.717, 1.165) is 24.8 Å². The lowest BCUT2D eigenvalue weighted by Gasteiger charge is -2.26. The van der Waals surface area contributed by atoms with E-state index >= 15 is 0 Å². The van der Waals surface area contributed by atoms with Crippen molar-refractivity contribution < 1.29 is 4.74 Å². The van der Waals surface area contributed by atoms with Crippen LogP contribution in [0.4, 0.5) is 0 Å². The second-order valence-corrected chi connectivity index (χ2v) is 3.38. The molecule has 0 aromatic rings. The molecule has 1 fully saturated rings. The molecule has 2 atom stereocenters. The second-order valence-electron chi connectivity index (χ2n) is 2.76. The Balaban J connectivity index is 2.43. The van der Waals surface area contributed by atoms with Crippen LogP contribution in [0, 0.1) is 0 Å². The zero-order chi connectivity index (χ0) is 7.56. The molecule has 1 aliphatic rings. The van der Waals surface area contributed by atoms with Gasteiger partial charge in [0, 0.05) is 12.5 Å². The Hall–Kier alpha value is -0.0100. The summed E-state index contributed by atoms with van der Waals surface area (Å²) in [5.74, 6) is 0. The minimum absolute atomic E-state index is 0.259. The van der Waals surface area contributed by atoms with Gasteiger partial charge < -0.3 is 4.74 Å². The molecule has 1 rings (SSSR count). The van der Waals surface area contributed by atoms with E-state index in [1.807, 2.05) is 0 Å². The molecule has 0 aliphatic heterocycles. The van der Waals surface area contributed by atoms with Crippen molar-refractivity contribution in [3.63, 3.8) is 0 Å². The molecule has 0 heterocycles. The first-order valence-electron chi connectivity index (χ1n) is 3.58. The predicted octanol–water partition coefficient (Wildman–Crippen LogP) is 2.35. The zero-order valence-corrected chi connectivity index (χ0v) is 7.03. The smallest absolute Gasteiger partial charge is 0.0779 e. The lowest BCUT2D eigenvalue weighted by molar-refractivity contribution is 0.110. The molecule has 0 N–H and O–H groups in total. The molecule has 1 aliphatic carbocycles. The van der Waals surface area contributed by atoms with Crippen LogP contribution in [-0.2, 0) is 4.74 Å². The lowest BCUT2D eigenvalue weighted by atomic mass is 9.93. The van der Waals surface area contributed by atoms with Crippen molar-refractivity contribution in [2.45, 2.75) is 30.7 Å². The monoisotopic (exact) mass is 160 g/mol. The number of hydrogen-bond donors (Lipinski definition) is 0. The highest BCUT2D eigenvalue weighted by Crippen LogP contribution is 2.27. The molecule has 2 heteroatoms. The van der Waals surface area contributed by atoms with Crippen LogP contribution in [0.15, 0.2) is 12.2 Å². The van der Waals surface area contributed by atoms with Gasteiger partial charge in [0.25, 0.3) is 0 Å². The Morgan fingerprint density at radius 1 is 1.60 bits per heavy atom. The van der Waals surface area contributed by atoms with Gasteiger partial charge in [-0.2, -0.15) is 0 Å². The molecule has 0 amide bonds. The van der Waals surface area contributed by atoms with Gasteiger partial charge in [-0.25, -0.2) is 0 Å². The number of rotatable bonds is 1. The molecule has 2 unspecified atom stereocenters. The Kier molecular flexibility index (Phi) is 2.75. The van der Waals surface area contributed by atoms with Gasteiger partial charge in [0.15, 0.2) is 0 Å². The molecular formula is C8H13ClO. The first kappa shape index (κ1) is 8.09. The fourth-order valence-corrected chi connectivity index (χ4v) is 1.66. The second kappa shape index (κ2) is 3.40. The molecular weight excluding hydrogens is 148 g/mol. The van der Waals surface area contributed by atoms with Gasteiger partial charge in [-0.1, -0.05) is 6.58 Å². The minimum atomic E-state index is 0.259. The normalized spacial score (nSPS) is 34.4. The summed E-state index contributed by atoms with van der Waals surface area (Å²) in [5, 5.41) is 0.291. The van der Waals surface area contributed by atoms with Crippen LogP contribution < -0.4 is 0 Å². The van der Waals surface area contributed by atoms with Gasteiger partial charge in [-0.15, -0.1) is 11.6 Å². The van der Waals surface area contributed by atoms with E-state index in [9.17, 15) is 0 Å². The van der Waals surface area contributed by atoms with E-state index in [1.54, 1.807) is 7.11 Å². The molecule has 0 aromatic carbocycles. The van der Waals surface area contributed by atoms with Gasteiger partial charge in [0.05, 0.1) is 6.10 Å². The topological polar surface area (TPSA) is 9.23 Å². The Morgan fingerprint density at radius 2 is 2.30 bits per heavy atom. The van der Waals surface area contributed by atoms with E-state index in [2.05, 4.69) is 6.58 Å². The van der Waals surface area contributed by atoms with Gasteiger partial charge >= 0.3 is 0 Å². The fourth-order valence-electron chi connectivity index (χ4n) is 1.34. The third-order valence-electron chi connectivity index (χ3n) is 1.97. The van der Waals surface area contributed by atoms with Crippen molar-refractivity contribution in [2.75, 3.05) is 7.11 Å². The first-order valence-corrected chi connectivity index (χ1v) is 4.02. The molecule has 0 saturated heterocycles. The van der Waals surface area contributed by atoms with Crippen molar-refractivity contribution in [3.8, 4) is 0 Å². The van der Waals surface area contributed by atoms with E-state index < -0.39 is 0 Å². The van der Waals surface area contributed by atoms with Crippen LogP contribution >= 0.6 is 11.6 Å². The predicted molar refractivity (Wildman–Crippen MR) is 43.4 cm³/mol. The maximum atomic E-state index is 5.92. The third kappa shape index (κ3) is 1.74. The summed E-state index contributed by atoms with van der Waals surface area (Å²) in [4.78, 5) is 0. The molecule has 1 saturated carbocycles. The third-order valence-corrected chi connectivity index (χ3v) is 2.34. The van der Waals surface area contributed by atoms with Crippen molar-refractivity contribution in [1.29, 1.82) is 0 Å². The van der Waals surface area contributed by atoms with E-state index in [0.29, 0.717) is 5.38 Å². The summed E-state index contributed by atoms with van der Waals surface area (Å²) >= 11 is 5.92.